The molecule has 0 bridgehead atoms. The van der Waals surface area contributed by atoms with Crippen LogP contribution in [0.5, 0.6) is 5.75 Å². The molecule has 0 saturated carbocycles. The van der Waals surface area contributed by atoms with Gasteiger partial charge in [-0.2, -0.15) is 0 Å². The molecule has 4 nitrogen and oxygen atoms in total. The number of nitrogens with zero attached hydrogens (tertiary/aromatic N) is 1. The van der Waals surface area contributed by atoms with Gasteiger partial charge in [-0.15, -0.1) is 12.4 Å². The quantitative estimate of drug-likeness (QED) is 0.917. The molecule has 5 heteroatoms. The summed E-state index contributed by atoms with van der Waals surface area (Å²) in [6.07, 6.45) is 0.472. The van der Waals surface area contributed by atoms with Crippen LogP contribution in [0.2, 0.25) is 0 Å². The third-order valence-electron chi connectivity index (χ3n) is 5.08. The molecule has 2 heterocycles. The molecule has 1 amide bonds. The Morgan fingerprint density at radius 2 is 1.87 bits per heavy atom. The van der Waals surface area contributed by atoms with Gasteiger partial charge in [-0.05, 0) is 55.4 Å². The van der Waals surface area contributed by atoms with Crippen LogP contribution in [-0.4, -0.2) is 43.6 Å². The van der Waals surface area contributed by atoms with Crippen molar-refractivity contribution in [2.75, 3.05) is 32.8 Å². The summed E-state index contributed by atoms with van der Waals surface area (Å²) in [5.41, 5.74) is 3.60. The topological polar surface area (TPSA) is 41.6 Å². The fraction of sp³-hybridized carbons (Fsp3) is 0.611. The minimum absolute atomic E-state index is 0. The molecule has 1 aromatic carbocycles. The molecule has 2 atom stereocenters. The Morgan fingerprint density at radius 3 is 2.52 bits per heavy atom. The largest absolute Gasteiger partial charge is 0.493 e. The number of halogens is 1. The van der Waals surface area contributed by atoms with Crippen molar-refractivity contribution in [2.45, 2.75) is 27.2 Å². The molecule has 0 aliphatic carbocycles. The summed E-state index contributed by atoms with van der Waals surface area (Å²) < 4.78 is 5.86. The lowest BCUT2D eigenvalue weighted by molar-refractivity contribution is -0.130. The van der Waals surface area contributed by atoms with Gasteiger partial charge in [0.1, 0.15) is 5.75 Å². The fourth-order valence-corrected chi connectivity index (χ4v) is 3.62. The van der Waals surface area contributed by atoms with E-state index in [0.29, 0.717) is 24.9 Å². The Morgan fingerprint density at radius 1 is 1.22 bits per heavy atom. The SMILES string of the molecule is Cc1cc(C)c(C)c(OCCC(=O)N2C[C@H]3CNC[C@H]3C2)c1.Cl. The molecule has 0 unspecified atom stereocenters. The minimum Gasteiger partial charge on any atom is -0.493 e. The van der Waals surface area contributed by atoms with E-state index in [2.05, 4.69) is 38.2 Å². The monoisotopic (exact) mass is 338 g/mol. The van der Waals surface area contributed by atoms with Gasteiger partial charge in [-0.1, -0.05) is 6.07 Å². The van der Waals surface area contributed by atoms with Gasteiger partial charge >= 0.3 is 0 Å². The van der Waals surface area contributed by atoms with Crippen molar-refractivity contribution in [1.29, 1.82) is 0 Å². The van der Waals surface area contributed by atoms with Crippen LogP contribution in [0.3, 0.4) is 0 Å². The number of benzene rings is 1. The van der Waals surface area contributed by atoms with Crippen molar-refractivity contribution in [3.8, 4) is 5.75 Å². The van der Waals surface area contributed by atoms with Gasteiger partial charge in [0.25, 0.3) is 0 Å². The molecule has 1 N–H and O–H groups in total. The molecular formula is C18H27ClN2O2. The number of hydrogen-bond acceptors (Lipinski definition) is 3. The lowest BCUT2D eigenvalue weighted by Crippen LogP contribution is -2.32. The Labute approximate surface area is 145 Å². The number of rotatable bonds is 4. The van der Waals surface area contributed by atoms with Crippen LogP contribution in [0.1, 0.15) is 23.1 Å². The number of likely N-dealkylation sites (tertiary alicyclic amines) is 1. The first-order valence-electron chi connectivity index (χ1n) is 8.23. The summed E-state index contributed by atoms with van der Waals surface area (Å²) in [7, 11) is 0. The number of fused-ring (bicyclic) bond motifs is 1. The number of nitrogens with one attached hydrogen (secondary N) is 1. The number of amides is 1. The predicted octanol–water partition coefficient (Wildman–Crippen LogP) is 2.48. The van der Waals surface area contributed by atoms with Gasteiger partial charge in [0.15, 0.2) is 0 Å². The summed E-state index contributed by atoms with van der Waals surface area (Å²) in [5, 5.41) is 3.40. The van der Waals surface area contributed by atoms with Crippen molar-refractivity contribution < 1.29 is 9.53 Å². The first-order valence-corrected chi connectivity index (χ1v) is 8.23. The van der Waals surface area contributed by atoms with Crippen LogP contribution in [-0.2, 0) is 4.79 Å². The maximum atomic E-state index is 12.3. The molecule has 2 aliphatic heterocycles. The molecule has 0 spiro atoms. The van der Waals surface area contributed by atoms with E-state index in [0.717, 1.165) is 31.9 Å². The van der Waals surface area contributed by atoms with Crippen LogP contribution in [0, 0.1) is 32.6 Å². The smallest absolute Gasteiger partial charge is 0.226 e. The number of carbonyl (C=O) groups is 1. The number of aryl methyl sites for hydroxylation is 2. The van der Waals surface area contributed by atoms with Crippen molar-refractivity contribution in [1.82, 2.24) is 10.2 Å². The first kappa shape index (κ1) is 18.1. The van der Waals surface area contributed by atoms with Crippen molar-refractivity contribution in [3.63, 3.8) is 0 Å². The molecule has 1 aromatic rings. The molecule has 0 radical (unpaired) electrons. The van der Waals surface area contributed by atoms with E-state index < -0.39 is 0 Å². The van der Waals surface area contributed by atoms with Crippen LogP contribution >= 0.6 is 12.4 Å². The Balaban J connectivity index is 0.00000192. The third-order valence-corrected chi connectivity index (χ3v) is 5.08. The zero-order valence-corrected chi connectivity index (χ0v) is 15.0. The Hall–Kier alpha value is -1.26. The zero-order chi connectivity index (χ0) is 15.7. The fourth-order valence-electron chi connectivity index (χ4n) is 3.62. The van der Waals surface area contributed by atoms with Crippen LogP contribution in [0.4, 0.5) is 0 Å². The van der Waals surface area contributed by atoms with E-state index in [-0.39, 0.29) is 18.3 Å². The van der Waals surface area contributed by atoms with Gasteiger partial charge in [-0.25, -0.2) is 0 Å². The minimum atomic E-state index is 0. The number of hydrogen-bond donors (Lipinski definition) is 1. The van der Waals surface area contributed by atoms with E-state index in [4.69, 9.17) is 4.74 Å². The lowest BCUT2D eigenvalue weighted by atomic mass is 10.0. The summed E-state index contributed by atoms with van der Waals surface area (Å²) in [6.45, 7) is 10.7. The highest BCUT2D eigenvalue weighted by atomic mass is 35.5. The molecule has 128 valence electrons. The zero-order valence-electron chi connectivity index (χ0n) is 14.2. The van der Waals surface area contributed by atoms with Crippen LogP contribution < -0.4 is 10.1 Å². The van der Waals surface area contributed by atoms with E-state index in [1.165, 1.54) is 16.7 Å². The average Bonchev–Trinajstić information content (AvgIpc) is 3.04. The molecule has 3 rings (SSSR count). The average molecular weight is 339 g/mol. The molecule has 2 fully saturated rings. The van der Waals surface area contributed by atoms with Crippen LogP contribution in [0.15, 0.2) is 12.1 Å². The second-order valence-electron chi connectivity index (χ2n) is 6.78. The highest BCUT2D eigenvalue weighted by Gasteiger charge is 2.37. The highest BCUT2D eigenvalue weighted by Crippen LogP contribution is 2.27. The summed E-state index contributed by atoms with van der Waals surface area (Å²) in [4.78, 5) is 14.3. The molecule has 23 heavy (non-hydrogen) atoms. The van der Waals surface area contributed by atoms with E-state index in [1.807, 2.05) is 4.90 Å². The maximum Gasteiger partial charge on any atom is 0.226 e. The van der Waals surface area contributed by atoms with E-state index in [1.54, 1.807) is 0 Å². The van der Waals surface area contributed by atoms with Gasteiger partial charge < -0.3 is 15.0 Å². The summed E-state index contributed by atoms with van der Waals surface area (Å²) in [5.74, 6) is 2.46. The Kier molecular flexibility index (Phi) is 5.93. The van der Waals surface area contributed by atoms with Gasteiger partial charge in [0.2, 0.25) is 5.91 Å². The summed E-state index contributed by atoms with van der Waals surface area (Å²) in [6, 6.07) is 4.21. The second-order valence-corrected chi connectivity index (χ2v) is 6.78. The second kappa shape index (κ2) is 7.54. The standard InChI is InChI=1S/C18H26N2O2.ClH/c1-12-6-13(2)14(3)17(7-12)22-5-4-18(21)20-10-15-8-19-9-16(15)11-20;/h6-7,15-16,19H,4-5,8-11H2,1-3H3;1H/t15-,16+;. The van der Waals surface area contributed by atoms with Crippen molar-refractivity contribution >= 4 is 18.3 Å². The third kappa shape index (κ3) is 3.99. The van der Waals surface area contributed by atoms with Gasteiger partial charge in [0, 0.05) is 26.2 Å². The van der Waals surface area contributed by atoms with Gasteiger partial charge in [0.05, 0.1) is 13.0 Å². The highest BCUT2D eigenvalue weighted by molar-refractivity contribution is 5.85. The number of carbonyl (C=O) groups excluding carboxylic acids is 1. The van der Waals surface area contributed by atoms with E-state index in [9.17, 15) is 4.79 Å². The van der Waals surface area contributed by atoms with Crippen molar-refractivity contribution in [2.24, 2.45) is 11.8 Å². The predicted molar refractivity (Wildman–Crippen MR) is 94.4 cm³/mol. The molecule has 2 saturated heterocycles. The normalized spacial score (nSPS) is 22.7. The molecule has 2 aliphatic rings. The lowest BCUT2D eigenvalue weighted by Gasteiger charge is -2.18. The Bertz CT molecular complexity index is 564. The summed E-state index contributed by atoms with van der Waals surface area (Å²) >= 11 is 0. The molecular weight excluding hydrogens is 312 g/mol. The van der Waals surface area contributed by atoms with E-state index >= 15 is 0 Å². The maximum absolute atomic E-state index is 12.3. The number of ether oxygens (including phenoxy) is 1. The van der Waals surface area contributed by atoms with Crippen molar-refractivity contribution in [3.05, 3.63) is 28.8 Å². The molecule has 0 aromatic heterocycles. The van der Waals surface area contributed by atoms with Gasteiger partial charge in [-0.3, -0.25) is 4.79 Å². The first-order chi connectivity index (χ1) is 10.5. The van der Waals surface area contributed by atoms with Crippen LogP contribution in [0.25, 0.3) is 0 Å².